The van der Waals surface area contributed by atoms with Crippen molar-refractivity contribution < 1.29 is 9.53 Å². The van der Waals surface area contributed by atoms with Crippen LogP contribution in [0, 0.1) is 27.7 Å². The highest BCUT2D eigenvalue weighted by atomic mass is 16.5. The zero-order valence-corrected chi connectivity index (χ0v) is 19.9. The van der Waals surface area contributed by atoms with Crippen LogP contribution < -0.4 is 5.43 Å². The third kappa shape index (κ3) is 5.41. The van der Waals surface area contributed by atoms with Crippen LogP contribution >= 0.6 is 0 Å². The van der Waals surface area contributed by atoms with E-state index >= 15 is 0 Å². The molecular weight excluding hydrogens is 412 g/mol. The lowest BCUT2D eigenvalue weighted by atomic mass is 10.1. The molecule has 0 radical (unpaired) electrons. The van der Waals surface area contributed by atoms with Gasteiger partial charge in [0, 0.05) is 47.8 Å². The number of hydrazone groups is 1. The molecule has 0 atom stereocenters. The minimum absolute atomic E-state index is 0.216. The number of benzene rings is 2. The Morgan fingerprint density at radius 1 is 1.00 bits per heavy atom. The number of nitrogens with one attached hydrogen (secondary N) is 1. The Balaban J connectivity index is 1.39. The van der Waals surface area contributed by atoms with E-state index in [-0.39, 0.29) is 5.91 Å². The average Bonchev–Trinajstić information content (AvgIpc) is 3.10. The van der Waals surface area contributed by atoms with Crippen molar-refractivity contribution in [1.29, 1.82) is 0 Å². The summed E-state index contributed by atoms with van der Waals surface area (Å²) in [6.07, 6.45) is 1.71. The number of morpholine rings is 1. The van der Waals surface area contributed by atoms with E-state index < -0.39 is 0 Å². The van der Waals surface area contributed by atoms with Crippen molar-refractivity contribution in [3.05, 3.63) is 87.7 Å². The lowest BCUT2D eigenvalue weighted by molar-refractivity contribution is 0.0342. The summed E-state index contributed by atoms with van der Waals surface area (Å²) in [5.74, 6) is -0.216. The summed E-state index contributed by atoms with van der Waals surface area (Å²) < 4.78 is 7.61. The monoisotopic (exact) mass is 444 g/mol. The van der Waals surface area contributed by atoms with Crippen LogP contribution in [0.15, 0.2) is 53.6 Å². The van der Waals surface area contributed by atoms with Gasteiger partial charge in [-0.15, -0.1) is 0 Å². The summed E-state index contributed by atoms with van der Waals surface area (Å²) in [7, 11) is 0. The second-order valence-electron chi connectivity index (χ2n) is 8.72. The van der Waals surface area contributed by atoms with Crippen molar-refractivity contribution in [2.24, 2.45) is 5.10 Å². The van der Waals surface area contributed by atoms with Gasteiger partial charge in [0.1, 0.15) is 0 Å². The van der Waals surface area contributed by atoms with Crippen molar-refractivity contribution in [3.63, 3.8) is 0 Å². The van der Waals surface area contributed by atoms with Gasteiger partial charge in [-0.1, -0.05) is 18.2 Å². The topological polar surface area (TPSA) is 58.9 Å². The third-order valence-corrected chi connectivity index (χ3v) is 6.31. The van der Waals surface area contributed by atoms with E-state index in [9.17, 15) is 4.79 Å². The number of aromatic nitrogens is 1. The smallest absolute Gasteiger partial charge is 0.271 e. The summed E-state index contributed by atoms with van der Waals surface area (Å²) in [5.41, 5.74) is 11.3. The van der Waals surface area contributed by atoms with E-state index in [2.05, 4.69) is 72.0 Å². The molecule has 33 heavy (non-hydrogen) atoms. The molecule has 2 heterocycles. The lowest BCUT2D eigenvalue weighted by Gasteiger charge is -2.26. The summed E-state index contributed by atoms with van der Waals surface area (Å²) >= 11 is 0. The molecule has 0 aliphatic carbocycles. The molecule has 1 amide bonds. The normalized spacial score (nSPS) is 14.7. The fraction of sp³-hybridized carbons (Fsp3) is 0.333. The van der Waals surface area contributed by atoms with Crippen LogP contribution in [0.4, 0.5) is 0 Å². The first kappa shape index (κ1) is 23.0. The first-order valence-electron chi connectivity index (χ1n) is 11.4. The number of aryl methyl sites for hydroxylation is 3. The van der Waals surface area contributed by atoms with Crippen LogP contribution in [0.25, 0.3) is 5.69 Å². The SMILES string of the molecule is Cc1ccc(-n2c(C)cc(/C=N/NC(=O)c3ccc(CN4CCOCC4)cc3)c2C)cc1C. The second-order valence-corrected chi connectivity index (χ2v) is 8.72. The molecular formula is C27H32N4O2. The maximum Gasteiger partial charge on any atom is 0.271 e. The number of carbonyl (C=O) groups is 1. The minimum Gasteiger partial charge on any atom is -0.379 e. The number of carbonyl (C=O) groups excluding carboxylic acids is 1. The Labute approximate surface area is 195 Å². The molecule has 1 aromatic heterocycles. The molecule has 0 bridgehead atoms. The molecule has 1 saturated heterocycles. The van der Waals surface area contributed by atoms with Crippen LogP contribution in [-0.2, 0) is 11.3 Å². The van der Waals surface area contributed by atoms with E-state index in [1.165, 1.54) is 16.7 Å². The zero-order valence-electron chi connectivity index (χ0n) is 19.9. The van der Waals surface area contributed by atoms with Crippen molar-refractivity contribution in [1.82, 2.24) is 14.9 Å². The van der Waals surface area contributed by atoms with Gasteiger partial charge in [-0.25, -0.2) is 5.43 Å². The van der Waals surface area contributed by atoms with Gasteiger partial charge in [-0.2, -0.15) is 5.10 Å². The van der Waals surface area contributed by atoms with E-state index in [1.54, 1.807) is 6.21 Å². The number of hydrogen-bond acceptors (Lipinski definition) is 4. The highest BCUT2D eigenvalue weighted by Crippen LogP contribution is 2.22. The molecule has 1 aliphatic rings. The van der Waals surface area contributed by atoms with Gasteiger partial charge in [0.05, 0.1) is 19.4 Å². The molecule has 4 rings (SSSR count). The molecule has 6 heteroatoms. The Morgan fingerprint density at radius 2 is 1.73 bits per heavy atom. The van der Waals surface area contributed by atoms with Crippen LogP contribution in [0.1, 0.15) is 44.0 Å². The van der Waals surface area contributed by atoms with Gasteiger partial charge in [0.15, 0.2) is 0 Å². The predicted molar refractivity (Wildman–Crippen MR) is 132 cm³/mol. The Bertz CT molecular complexity index is 1160. The average molecular weight is 445 g/mol. The highest BCUT2D eigenvalue weighted by Gasteiger charge is 2.12. The van der Waals surface area contributed by atoms with Gasteiger partial charge in [-0.3, -0.25) is 9.69 Å². The lowest BCUT2D eigenvalue weighted by Crippen LogP contribution is -2.35. The van der Waals surface area contributed by atoms with E-state index in [1.807, 2.05) is 24.3 Å². The molecule has 6 nitrogen and oxygen atoms in total. The second kappa shape index (κ2) is 10.1. The Hall–Kier alpha value is -3.22. The summed E-state index contributed by atoms with van der Waals surface area (Å²) in [6.45, 7) is 12.7. The van der Waals surface area contributed by atoms with Crippen molar-refractivity contribution in [2.75, 3.05) is 26.3 Å². The molecule has 0 spiro atoms. The van der Waals surface area contributed by atoms with Crippen LogP contribution in [0.3, 0.4) is 0 Å². The number of ether oxygens (including phenoxy) is 1. The van der Waals surface area contributed by atoms with E-state index in [0.29, 0.717) is 5.56 Å². The number of amides is 1. The molecule has 1 aliphatic heterocycles. The molecule has 0 unspecified atom stereocenters. The number of rotatable bonds is 6. The Kier molecular flexibility index (Phi) is 7.06. The van der Waals surface area contributed by atoms with Gasteiger partial charge in [-0.05, 0) is 74.7 Å². The van der Waals surface area contributed by atoms with Gasteiger partial charge < -0.3 is 9.30 Å². The van der Waals surface area contributed by atoms with Crippen LogP contribution in [-0.4, -0.2) is 47.9 Å². The maximum atomic E-state index is 12.5. The van der Waals surface area contributed by atoms with Gasteiger partial charge in [0.25, 0.3) is 5.91 Å². The predicted octanol–water partition coefficient (Wildman–Crippen LogP) is 4.31. The maximum absolute atomic E-state index is 12.5. The third-order valence-electron chi connectivity index (χ3n) is 6.31. The van der Waals surface area contributed by atoms with E-state index in [0.717, 1.165) is 55.5 Å². The quantitative estimate of drug-likeness (QED) is 0.455. The number of nitrogens with zero attached hydrogens (tertiary/aromatic N) is 3. The fourth-order valence-electron chi connectivity index (χ4n) is 4.18. The summed E-state index contributed by atoms with van der Waals surface area (Å²) in [4.78, 5) is 14.9. The van der Waals surface area contributed by atoms with Gasteiger partial charge >= 0.3 is 0 Å². The summed E-state index contributed by atoms with van der Waals surface area (Å²) in [6, 6.07) is 16.3. The minimum atomic E-state index is -0.216. The summed E-state index contributed by atoms with van der Waals surface area (Å²) in [5, 5.41) is 4.21. The largest absolute Gasteiger partial charge is 0.379 e. The van der Waals surface area contributed by atoms with Crippen LogP contribution in [0.5, 0.6) is 0 Å². The van der Waals surface area contributed by atoms with Crippen molar-refractivity contribution in [2.45, 2.75) is 34.2 Å². The molecule has 2 aromatic carbocycles. The standard InChI is InChI=1S/C27H32N4O2/c1-19-5-10-26(15-20(19)2)31-21(3)16-25(22(31)4)17-28-29-27(32)24-8-6-23(7-9-24)18-30-11-13-33-14-12-30/h5-10,15-17H,11-14,18H2,1-4H3,(H,29,32)/b28-17+. The highest BCUT2D eigenvalue weighted by molar-refractivity contribution is 5.95. The van der Waals surface area contributed by atoms with Crippen molar-refractivity contribution in [3.8, 4) is 5.69 Å². The molecule has 1 N–H and O–H groups in total. The van der Waals surface area contributed by atoms with Crippen molar-refractivity contribution >= 4 is 12.1 Å². The van der Waals surface area contributed by atoms with Crippen LogP contribution in [0.2, 0.25) is 0 Å². The Morgan fingerprint density at radius 3 is 2.42 bits per heavy atom. The molecule has 1 fully saturated rings. The molecule has 3 aromatic rings. The first-order valence-corrected chi connectivity index (χ1v) is 11.4. The zero-order chi connectivity index (χ0) is 23.4. The fourth-order valence-corrected chi connectivity index (χ4v) is 4.18. The van der Waals surface area contributed by atoms with Gasteiger partial charge in [0.2, 0.25) is 0 Å². The molecule has 172 valence electrons. The first-order chi connectivity index (χ1) is 15.9. The molecule has 0 saturated carbocycles. The number of hydrogen-bond donors (Lipinski definition) is 1. The van der Waals surface area contributed by atoms with E-state index in [4.69, 9.17) is 4.74 Å².